The summed E-state index contributed by atoms with van der Waals surface area (Å²) in [7, 11) is 2.15. The normalized spacial score (nSPS) is 15.2. The zero-order valence-electron chi connectivity index (χ0n) is 11.4. The Morgan fingerprint density at radius 2 is 1.88 bits per heavy atom. The molecule has 0 radical (unpaired) electrons. The summed E-state index contributed by atoms with van der Waals surface area (Å²) in [6.45, 7) is 7.66. The number of nitrogens with zero attached hydrogens (tertiary/aromatic N) is 2. The van der Waals surface area contributed by atoms with E-state index in [0.29, 0.717) is 5.92 Å². The molecule has 1 rings (SSSR count). The first kappa shape index (κ1) is 14.1. The van der Waals surface area contributed by atoms with Crippen molar-refractivity contribution in [3.63, 3.8) is 0 Å². The fourth-order valence-corrected chi connectivity index (χ4v) is 2.30. The van der Waals surface area contributed by atoms with Crippen LogP contribution in [-0.4, -0.2) is 29.5 Å². The van der Waals surface area contributed by atoms with Crippen LogP contribution in [-0.2, 0) is 0 Å². The molecule has 1 aromatic rings. The van der Waals surface area contributed by atoms with Crippen LogP contribution in [0.1, 0.15) is 38.8 Å². The van der Waals surface area contributed by atoms with Crippen molar-refractivity contribution in [3.05, 3.63) is 30.1 Å². The predicted molar refractivity (Wildman–Crippen MR) is 72.7 cm³/mol. The van der Waals surface area contributed by atoms with Gasteiger partial charge in [0.05, 0.1) is 0 Å². The van der Waals surface area contributed by atoms with Gasteiger partial charge in [0, 0.05) is 31.0 Å². The van der Waals surface area contributed by atoms with E-state index in [9.17, 15) is 0 Å². The summed E-state index contributed by atoms with van der Waals surface area (Å²) in [5, 5.41) is 0. The summed E-state index contributed by atoms with van der Waals surface area (Å²) in [6, 6.07) is 4.58. The number of pyridine rings is 1. The third-order valence-electron chi connectivity index (χ3n) is 3.05. The SMILES string of the molecule is CCC(N)C(c1ccncc1)N(C)CC(C)C. The second-order valence-electron chi connectivity index (χ2n) is 5.13. The molecular weight excluding hydrogens is 210 g/mol. The molecule has 96 valence electrons. The number of likely N-dealkylation sites (N-methyl/N-ethyl adjacent to an activating group) is 1. The first-order valence-corrected chi connectivity index (χ1v) is 6.42. The molecule has 0 aliphatic heterocycles. The van der Waals surface area contributed by atoms with Gasteiger partial charge in [-0.3, -0.25) is 9.88 Å². The summed E-state index contributed by atoms with van der Waals surface area (Å²) in [6.07, 6.45) is 4.66. The van der Waals surface area contributed by atoms with Crippen LogP contribution in [0.3, 0.4) is 0 Å². The molecule has 0 aliphatic carbocycles. The Hall–Kier alpha value is -0.930. The van der Waals surface area contributed by atoms with Crippen LogP contribution < -0.4 is 5.73 Å². The third kappa shape index (κ3) is 4.10. The minimum absolute atomic E-state index is 0.168. The highest BCUT2D eigenvalue weighted by Crippen LogP contribution is 2.24. The molecule has 0 aromatic carbocycles. The van der Waals surface area contributed by atoms with Crippen molar-refractivity contribution < 1.29 is 0 Å². The maximum Gasteiger partial charge on any atom is 0.0497 e. The van der Waals surface area contributed by atoms with Crippen LogP contribution in [0.2, 0.25) is 0 Å². The molecule has 3 heteroatoms. The molecule has 0 bridgehead atoms. The molecule has 2 N–H and O–H groups in total. The van der Waals surface area contributed by atoms with E-state index in [1.165, 1.54) is 5.56 Å². The quantitative estimate of drug-likeness (QED) is 0.823. The molecule has 2 atom stereocenters. The summed E-state index contributed by atoms with van der Waals surface area (Å²) < 4.78 is 0. The van der Waals surface area contributed by atoms with Gasteiger partial charge in [-0.05, 0) is 37.1 Å². The molecule has 0 saturated carbocycles. The van der Waals surface area contributed by atoms with Gasteiger partial charge in [0.1, 0.15) is 0 Å². The van der Waals surface area contributed by atoms with Gasteiger partial charge < -0.3 is 5.73 Å². The minimum Gasteiger partial charge on any atom is -0.326 e. The van der Waals surface area contributed by atoms with Crippen molar-refractivity contribution in [2.45, 2.75) is 39.3 Å². The van der Waals surface area contributed by atoms with Gasteiger partial charge in [0.15, 0.2) is 0 Å². The highest BCUT2D eigenvalue weighted by molar-refractivity contribution is 5.17. The van der Waals surface area contributed by atoms with Crippen molar-refractivity contribution in [3.8, 4) is 0 Å². The summed E-state index contributed by atoms with van der Waals surface area (Å²) in [5.41, 5.74) is 7.53. The van der Waals surface area contributed by atoms with E-state index in [1.807, 2.05) is 12.4 Å². The van der Waals surface area contributed by atoms with E-state index >= 15 is 0 Å². The summed E-state index contributed by atoms with van der Waals surface area (Å²) in [5.74, 6) is 0.647. The highest BCUT2D eigenvalue weighted by Gasteiger charge is 2.23. The number of hydrogen-bond acceptors (Lipinski definition) is 3. The lowest BCUT2D eigenvalue weighted by atomic mass is 9.97. The Kier molecular flexibility index (Phi) is 5.59. The second-order valence-corrected chi connectivity index (χ2v) is 5.13. The number of aromatic nitrogens is 1. The van der Waals surface area contributed by atoms with Crippen molar-refractivity contribution in [1.29, 1.82) is 0 Å². The predicted octanol–water partition coefficient (Wildman–Crippen LogP) is 2.45. The van der Waals surface area contributed by atoms with Crippen LogP contribution in [0.5, 0.6) is 0 Å². The fraction of sp³-hybridized carbons (Fsp3) is 0.643. The van der Waals surface area contributed by atoms with E-state index in [1.54, 1.807) is 0 Å². The number of rotatable bonds is 6. The van der Waals surface area contributed by atoms with Gasteiger partial charge in [0.25, 0.3) is 0 Å². The lowest BCUT2D eigenvalue weighted by molar-refractivity contribution is 0.189. The van der Waals surface area contributed by atoms with Crippen LogP contribution in [0.25, 0.3) is 0 Å². The molecule has 1 heterocycles. The maximum atomic E-state index is 6.26. The lowest BCUT2D eigenvalue weighted by Crippen LogP contribution is -2.40. The Labute approximate surface area is 105 Å². The molecule has 0 spiro atoms. The molecule has 0 amide bonds. The molecule has 0 aliphatic rings. The minimum atomic E-state index is 0.168. The van der Waals surface area contributed by atoms with Gasteiger partial charge in [-0.1, -0.05) is 20.8 Å². The van der Waals surface area contributed by atoms with Crippen molar-refractivity contribution in [1.82, 2.24) is 9.88 Å². The fourth-order valence-electron chi connectivity index (χ4n) is 2.30. The van der Waals surface area contributed by atoms with E-state index < -0.39 is 0 Å². The maximum absolute atomic E-state index is 6.26. The Balaban J connectivity index is 2.88. The van der Waals surface area contributed by atoms with Crippen molar-refractivity contribution >= 4 is 0 Å². The van der Waals surface area contributed by atoms with Gasteiger partial charge >= 0.3 is 0 Å². The number of nitrogens with two attached hydrogens (primary N) is 1. The van der Waals surface area contributed by atoms with Crippen LogP contribution in [0.15, 0.2) is 24.5 Å². The van der Waals surface area contributed by atoms with Gasteiger partial charge in [-0.2, -0.15) is 0 Å². The molecule has 2 unspecified atom stereocenters. The Bertz CT molecular complexity index is 311. The average molecular weight is 235 g/mol. The number of hydrogen-bond donors (Lipinski definition) is 1. The smallest absolute Gasteiger partial charge is 0.0497 e. The van der Waals surface area contributed by atoms with Crippen molar-refractivity contribution in [2.75, 3.05) is 13.6 Å². The molecule has 0 fully saturated rings. The third-order valence-corrected chi connectivity index (χ3v) is 3.05. The Morgan fingerprint density at radius 1 is 1.29 bits per heavy atom. The summed E-state index contributed by atoms with van der Waals surface area (Å²) >= 11 is 0. The summed E-state index contributed by atoms with van der Waals surface area (Å²) in [4.78, 5) is 6.43. The van der Waals surface area contributed by atoms with Crippen molar-refractivity contribution in [2.24, 2.45) is 11.7 Å². The highest BCUT2D eigenvalue weighted by atomic mass is 15.1. The van der Waals surface area contributed by atoms with Crippen LogP contribution in [0, 0.1) is 5.92 Å². The van der Waals surface area contributed by atoms with Crippen LogP contribution in [0.4, 0.5) is 0 Å². The largest absolute Gasteiger partial charge is 0.326 e. The van der Waals surface area contributed by atoms with Gasteiger partial charge in [0.2, 0.25) is 0 Å². The molecule has 17 heavy (non-hydrogen) atoms. The van der Waals surface area contributed by atoms with Gasteiger partial charge in [-0.25, -0.2) is 0 Å². The average Bonchev–Trinajstić information content (AvgIpc) is 2.29. The lowest BCUT2D eigenvalue weighted by Gasteiger charge is -2.33. The zero-order chi connectivity index (χ0) is 12.8. The molecule has 1 aromatic heterocycles. The monoisotopic (exact) mass is 235 g/mol. The van der Waals surface area contributed by atoms with E-state index in [2.05, 4.69) is 49.8 Å². The first-order chi connectivity index (χ1) is 8.06. The van der Waals surface area contributed by atoms with E-state index in [4.69, 9.17) is 5.73 Å². The molecule has 3 nitrogen and oxygen atoms in total. The Morgan fingerprint density at radius 3 is 2.35 bits per heavy atom. The topological polar surface area (TPSA) is 42.1 Å². The van der Waals surface area contributed by atoms with E-state index in [0.717, 1.165) is 13.0 Å². The first-order valence-electron chi connectivity index (χ1n) is 6.42. The zero-order valence-corrected chi connectivity index (χ0v) is 11.4. The molecule has 0 saturated heterocycles. The van der Waals surface area contributed by atoms with E-state index in [-0.39, 0.29) is 12.1 Å². The standard InChI is InChI=1S/C14H25N3/c1-5-13(15)14(17(4)10-11(2)3)12-6-8-16-9-7-12/h6-9,11,13-14H,5,10,15H2,1-4H3. The molecular formula is C14H25N3. The van der Waals surface area contributed by atoms with Crippen LogP contribution >= 0.6 is 0 Å². The van der Waals surface area contributed by atoms with Gasteiger partial charge in [-0.15, -0.1) is 0 Å². The second kappa shape index (κ2) is 6.72.